The van der Waals surface area contributed by atoms with Crippen molar-refractivity contribution in [2.75, 3.05) is 17.7 Å². The third-order valence-corrected chi connectivity index (χ3v) is 4.57. The van der Waals surface area contributed by atoms with Gasteiger partial charge in [0, 0.05) is 24.5 Å². The molecule has 3 N–H and O–H groups in total. The zero-order valence-corrected chi connectivity index (χ0v) is 12.5. The van der Waals surface area contributed by atoms with Crippen molar-refractivity contribution in [1.29, 1.82) is 0 Å². The molecule has 1 saturated carbocycles. The number of aryl methyl sites for hydroxylation is 1. The second-order valence-electron chi connectivity index (χ2n) is 5.97. The van der Waals surface area contributed by atoms with E-state index in [0.29, 0.717) is 17.6 Å². The van der Waals surface area contributed by atoms with Gasteiger partial charge in [0.2, 0.25) is 0 Å². The number of benzene rings is 1. The van der Waals surface area contributed by atoms with Crippen LogP contribution in [0.2, 0.25) is 0 Å². The van der Waals surface area contributed by atoms with Crippen LogP contribution in [0.5, 0.6) is 0 Å². The molecule has 110 valence electrons. The summed E-state index contributed by atoms with van der Waals surface area (Å²) in [5.41, 5.74) is 8.21. The zero-order valence-electron chi connectivity index (χ0n) is 12.5. The minimum absolute atomic E-state index is 0.204. The van der Waals surface area contributed by atoms with E-state index >= 15 is 0 Å². The monoisotopic (exact) mass is 276 g/mol. The van der Waals surface area contributed by atoms with Gasteiger partial charge in [0.15, 0.2) is 0 Å². The van der Waals surface area contributed by atoms with E-state index in [-0.39, 0.29) is 5.56 Å². The van der Waals surface area contributed by atoms with E-state index in [2.05, 4.69) is 18.9 Å². The summed E-state index contributed by atoms with van der Waals surface area (Å²) in [4.78, 5) is 13.5. The third kappa shape index (κ3) is 2.74. The lowest BCUT2D eigenvalue weighted by atomic mass is 9.85. The summed E-state index contributed by atoms with van der Waals surface area (Å²) in [5, 5.41) is 9.26. The molecule has 2 rings (SSSR count). The molecule has 0 heterocycles. The quantitative estimate of drug-likeness (QED) is 0.831. The van der Waals surface area contributed by atoms with Crippen LogP contribution in [0.3, 0.4) is 0 Å². The predicted molar refractivity (Wildman–Crippen MR) is 82.4 cm³/mol. The van der Waals surface area contributed by atoms with E-state index in [4.69, 9.17) is 5.73 Å². The molecule has 4 heteroatoms. The maximum absolute atomic E-state index is 11.3. The molecule has 0 radical (unpaired) electrons. The van der Waals surface area contributed by atoms with E-state index in [0.717, 1.165) is 11.3 Å². The van der Waals surface area contributed by atoms with Crippen LogP contribution >= 0.6 is 0 Å². The Morgan fingerprint density at radius 1 is 1.35 bits per heavy atom. The molecule has 1 aromatic rings. The van der Waals surface area contributed by atoms with Crippen LogP contribution < -0.4 is 10.6 Å². The summed E-state index contributed by atoms with van der Waals surface area (Å²) < 4.78 is 0. The molecular weight excluding hydrogens is 252 g/mol. The number of carboxylic acid groups (broad SMARTS) is 1. The summed E-state index contributed by atoms with van der Waals surface area (Å²) in [6.45, 7) is 4.14. The molecule has 20 heavy (non-hydrogen) atoms. The SMILES string of the molecule is Cc1cc(N(C)C2CCCCC2C)cc(C(=O)O)c1N. The Kier molecular flexibility index (Phi) is 4.21. The number of carbonyl (C=O) groups is 1. The number of nitrogens with two attached hydrogens (primary N) is 1. The normalized spacial score (nSPS) is 22.6. The van der Waals surface area contributed by atoms with Gasteiger partial charge in [-0.05, 0) is 43.4 Å². The van der Waals surface area contributed by atoms with Gasteiger partial charge < -0.3 is 15.7 Å². The fourth-order valence-corrected chi connectivity index (χ4v) is 3.22. The topological polar surface area (TPSA) is 66.6 Å². The van der Waals surface area contributed by atoms with Crippen LogP contribution in [-0.4, -0.2) is 24.2 Å². The van der Waals surface area contributed by atoms with Crippen LogP contribution in [0.4, 0.5) is 11.4 Å². The summed E-state index contributed by atoms with van der Waals surface area (Å²) in [7, 11) is 2.06. The van der Waals surface area contributed by atoms with Gasteiger partial charge in [-0.15, -0.1) is 0 Å². The van der Waals surface area contributed by atoms with E-state index < -0.39 is 5.97 Å². The van der Waals surface area contributed by atoms with Crippen molar-refractivity contribution in [3.8, 4) is 0 Å². The first-order valence-corrected chi connectivity index (χ1v) is 7.28. The highest BCUT2D eigenvalue weighted by molar-refractivity contribution is 5.95. The van der Waals surface area contributed by atoms with Crippen molar-refractivity contribution in [1.82, 2.24) is 0 Å². The predicted octanol–water partition coefficient (Wildman–Crippen LogP) is 3.29. The molecule has 1 aliphatic carbocycles. The number of anilines is 2. The van der Waals surface area contributed by atoms with Crippen LogP contribution in [-0.2, 0) is 0 Å². The highest BCUT2D eigenvalue weighted by Crippen LogP contribution is 2.32. The van der Waals surface area contributed by atoms with Gasteiger partial charge in [0.1, 0.15) is 0 Å². The van der Waals surface area contributed by atoms with Crippen LogP contribution in [0.1, 0.15) is 48.5 Å². The average molecular weight is 276 g/mol. The van der Waals surface area contributed by atoms with Crippen LogP contribution in [0.15, 0.2) is 12.1 Å². The Morgan fingerprint density at radius 3 is 2.60 bits per heavy atom. The number of rotatable bonds is 3. The van der Waals surface area contributed by atoms with Gasteiger partial charge in [-0.25, -0.2) is 4.79 Å². The van der Waals surface area contributed by atoms with Gasteiger partial charge in [-0.3, -0.25) is 0 Å². The third-order valence-electron chi connectivity index (χ3n) is 4.57. The van der Waals surface area contributed by atoms with Crippen molar-refractivity contribution in [3.63, 3.8) is 0 Å². The minimum Gasteiger partial charge on any atom is -0.478 e. The lowest BCUT2D eigenvalue weighted by Gasteiger charge is -2.38. The molecule has 4 nitrogen and oxygen atoms in total. The zero-order chi connectivity index (χ0) is 14.9. The van der Waals surface area contributed by atoms with E-state index in [1.807, 2.05) is 13.0 Å². The first kappa shape index (κ1) is 14.7. The molecule has 0 amide bonds. The standard InChI is InChI=1S/C16H24N2O2/c1-10-6-4-5-7-14(10)18(3)12-8-11(2)15(17)13(9-12)16(19)20/h8-10,14H,4-7,17H2,1-3H3,(H,19,20). The van der Waals surface area contributed by atoms with Gasteiger partial charge in [-0.2, -0.15) is 0 Å². The average Bonchev–Trinajstić information content (AvgIpc) is 2.41. The Labute approximate surface area is 120 Å². The molecule has 0 aliphatic heterocycles. The lowest BCUT2D eigenvalue weighted by Crippen LogP contribution is -2.39. The second-order valence-corrected chi connectivity index (χ2v) is 5.97. The maximum Gasteiger partial charge on any atom is 0.337 e. The van der Waals surface area contributed by atoms with Crippen molar-refractivity contribution < 1.29 is 9.90 Å². The van der Waals surface area contributed by atoms with Crippen LogP contribution in [0, 0.1) is 12.8 Å². The Balaban J connectivity index is 2.34. The number of hydrogen-bond acceptors (Lipinski definition) is 3. The first-order valence-electron chi connectivity index (χ1n) is 7.28. The Morgan fingerprint density at radius 2 is 2.00 bits per heavy atom. The largest absolute Gasteiger partial charge is 0.478 e. The Bertz CT molecular complexity index is 513. The summed E-state index contributed by atoms with van der Waals surface area (Å²) in [6.07, 6.45) is 4.96. The smallest absolute Gasteiger partial charge is 0.337 e. The number of nitrogens with zero attached hydrogens (tertiary/aromatic N) is 1. The molecule has 1 aliphatic rings. The molecule has 1 aromatic carbocycles. The molecular formula is C16H24N2O2. The number of aromatic carboxylic acids is 1. The molecule has 0 aromatic heterocycles. The van der Waals surface area contributed by atoms with Gasteiger partial charge in [-0.1, -0.05) is 19.8 Å². The second kappa shape index (κ2) is 5.73. The number of nitrogen functional groups attached to an aromatic ring is 1. The molecule has 2 unspecified atom stereocenters. The van der Waals surface area contributed by atoms with Gasteiger partial charge in [0.05, 0.1) is 5.56 Å². The fraction of sp³-hybridized carbons (Fsp3) is 0.562. The summed E-state index contributed by atoms with van der Waals surface area (Å²) >= 11 is 0. The number of carboxylic acids is 1. The Hall–Kier alpha value is -1.71. The maximum atomic E-state index is 11.3. The van der Waals surface area contributed by atoms with Crippen LogP contribution in [0.25, 0.3) is 0 Å². The highest BCUT2D eigenvalue weighted by atomic mass is 16.4. The van der Waals surface area contributed by atoms with E-state index in [9.17, 15) is 9.90 Å². The molecule has 0 spiro atoms. The van der Waals surface area contributed by atoms with Crippen molar-refractivity contribution in [3.05, 3.63) is 23.3 Å². The van der Waals surface area contributed by atoms with Crippen molar-refractivity contribution in [2.45, 2.75) is 45.6 Å². The highest BCUT2D eigenvalue weighted by Gasteiger charge is 2.26. The minimum atomic E-state index is -0.961. The van der Waals surface area contributed by atoms with Crippen molar-refractivity contribution in [2.24, 2.45) is 5.92 Å². The fourth-order valence-electron chi connectivity index (χ4n) is 3.22. The van der Waals surface area contributed by atoms with Gasteiger partial charge >= 0.3 is 5.97 Å². The molecule has 0 bridgehead atoms. The van der Waals surface area contributed by atoms with Gasteiger partial charge in [0.25, 0.3) is 0 Å². The van der Waals surface area contributed by atoms with E-state index in [1.54, 1.807) is 6.07 Å². The summed E-state index contributed by atoms with van der Waals surface area (Å²) in [5.74, 6) is -0.322. The first-order chi connectivity index (χ1) is 9.41. The summed E-state index contributed by atoms with van der Waals surface area (Å²) in [6, 6.07) is 4.17. The molecule has 0 saturated heterocycles. The molecule has 2 atom stereocenters. The van der Waals surface area contributed by atoms with E-state index in [1.165, 1.54) is 25.7 Å². The van der Waals surface area contributed by atoms with Crippen molar-refractivity contribution >= 4 is 17.3 Å². The lowest BCUT2D eigenvalue weighted by molar-refractivity contribution is 0.0698. The molecule has 1 fully saturated rings. The number of hydrogen-bond donors (Lipinski definition) is 2.